The van der Waals surface area contributed by atoms with Crippen molar-refractivity contribution in [2.75, 3.05) is 13.7 Å². The lowest BCUT2D eigenvalue weighted by Crippen LogP contribution is -2.13. The fraction of sp³-hybridized carbons (Fsp3) is 0.294. The number of aliphatic hydroxyl groups excluding tert-OH is 1. The van der Waals surface area contributed by atoms with Gasteiger partial charge in [-0.3, -0.25) is 0 Å². The minimum absolute atomic E-state index is 0.688. The summed E-state index contributed by atoms with van der Waals surface area (Å²) >= 11 is 0. The quantitative estimate of drug-likeness (QED) is 0.931. The van der Waals surface area contributed by atoms with Crippen LogP contribution in [0, 0.1) is 0 Å². The van der Waals surface area contributed by atoms with Crippen molar-refractivity contribution < 1.29 is 14.6 Å². The Hall–Kier alpha value is -2.00. The molecule has 3 heteroatoms. The molecule has 0 aliphatic carbocycles. The first-order valence-corrected chi connectivity index (χ1v) is 6.87. The van der Waals surface area contributed by atoms with Crippen LogP contribution in [-0.2, 0) is 6.42 Å². The van der Waals surface area contributed by atoms with E-state index < -0.39 is 6.10 Å². The number of rotatable bonds is 3. The SMILES string of the molecule is COc1ccccc1C(O)c1cccc2c1OCCC2. The predicted octanol–water partition coefficient (Wildman–Crippen LogP) is 3.10. The van der Waals surface area contributed by atoms with Gasteiger partial charge in [0.15, 0.2) is 0 Å². The number of para-hydroxylation sites is 2. The normalized spacial score (nSPS) is 15.1. The van der Waals surface area contributed by atoms with Crippen LogP contribution in [0.2, 0.25) is 0 Å². The van der Waals surface area contributed by atoms with Gasteiger partial charge in [-0.15, -0.1) is 0 Å². The monoisotopic (exact) mass is 270 g/mol. The summed E-state index contributed by atoms with van der Waals surface area (Å²) < 4.78 is 11.1. The van der Waals surface area contributed by atoms with Gasteiger partial charge in [0.1, 0.15) is 17.6 Å². The lowest BCUT2D eigenvalue weighted by atomic mass is 9.95. The summed E-state index contributed by atoms with van der Waals surface area (Å²) in [5.74, 6) is 1.52. The topological polar surface area (TPSA) is 38.7 Å². The summed E-state index contributed by atoms with van der Waals surface area (Å²) in [7, 11) is 1.61. The van der Waals surface area contributed by atoms with Gasteiger partial charge in [0.05, 0.1) is 13.7 Å². The number of hydrogen-bond donors (Lipinski definition) is 1. The van der Waals surface area contributed by atoms with Gasteiger partial charge in [-0.1, -0.05) is 36.4 Å². The molecule has 0 aromatic heterocycles. The molecule has 20 heavy (non-hydrogen) atoms. The lowest BCUT2D eigenvalue weighted by molar-refractivity contribution is 0.202. The predicted molar refractivity (Wildman–Crippen MR) is 77.3 cm³/mol. The molecular formula is C17H18O3. The zero-order valence-corrected chi connectivity index (χ0v) is 11.5. The van der Waals surface area contributed by atoms with Gasteiger partial charge in [-0.05, 0) is 24.5 Å². The molecule has 3 rings (SSSR count). The smallest absolute Gasteiger partial charge is 0.128 e. The summed E-state index contributed by atoms with van der Waals surface area (Å²) in [6, 6.07) is 13.5. The van der Waals surface area contributed by atoms with Crippen LogP contribution in [0.25, 0.3) is 0 Å². The highest BCUT2D eigenvalue weighted by Crippen LogP contribution is 2.38. The summed E-state index contributed by atoms with van der Waals surface area (Å²) in [5, 5.41) is 10.7. The molecule has 1 heterocycles. The van der Waals surface area contributed by atoms with E-state index in [1.54, 1.807) is 7.11 Å². The van der Waals surface area contributed by atoms with E-state index in [2.05, 4.69) is 6.07 Å². The van der Waals surface area contributed by atoms with Crippen LogP contribution < -0.4 is 9.47 Å². The third kappa shape index (κ3) is 2.25. The minimum Gasteiger partial charge on any atom is -0.496 e. The van der Waals surface area contributed by atoms with E-state index in [0.717, 1.165) is 29.7 Å². The highest BCUT2D eigenvalue weighted by atomic mass is 16.5. The van der Waals surface area contributed by atoms with Gasteiger partial charge in [0.25, 0.3) is 0 Å². The zero-order valence-electron chi connectivity index (χ0n) is 11.5. The van der Waals surface area contributed by atoms with E-state index in [1.165, 1.54) is 5.56 Å². The van der Waals surface area contributed by atoms with E-state index in [9.17, 15) is 5.11 Å². The first-order valence-electron chi connectivity index (χ1n) is 6.87. The summed E-state index contributed by atoms with van der Waals surface area (Å²) in [6.45, 7) is 0.711. The van der Waals surface area contributed by atoms with Gasteiger partial charge in [-0.2, -0.15) is 0 Å². The second-order valence-corrected chi connectivity index (χ2v) is 4.93. The number of ether oxygens (including phenoxy) is 2. The molecule has 2 aromatic carbocycles. The minimum atomic E-state index is -0.737. The van der Waals surface area contributed by atoms with Gasteiger partial charge < -0.3 is 14.6 Å². The zero-order chi connectivity index (χ0) is 13.9. The number of aryl methyl sites for hydroxylation is 1. The van der Waals surface area contributed by atoms with Crippen molar-refractivity contribution in [2.24, 2.45) is 0 Å². The van der Waals surface area contributed by atoms with Crippen LogP contribution in [0.1, 0.15) is 29.2 Å². The Bertz CT molecular complexity index is 607. The van der Waals surface area contributed by atoms with Crippen LogP contribution in [0.15, 0.2) is 42.5 Å². The second kappa shape index (κ2) is 5.55. The maximum Gasteiger partial charge on any atom is 0.128 e. The van der Waals surface area contributed by atoms with Gasteiger partial charge >= 0.3 is 0 Å². The van der Waals surface area contributed by atoms with Crippen molar-refractivity contribution in [1.82, 2.24) is 0 Å². The summed E-state index contributed by atoms with van der Waals surface area (Å²) in [6.07, 6.45) is 1.29. The third-order valence-corrected chi connectivity index (χ3v) is 3.69. The highest BCUT2D eigenvalue weighted by molar-refractivity contribution is 5.49. The summed E-state index contributed by atoms with van der Waals surface area (Å²) in [4.78, 5) is 0. The van der Waals surface area contributed by atoms with Crippen LogP contribution >= 0.6 is 0 Å². The van der Waals surface area contributed by atoms with E-state index >= 15 is 0 Å². The molecule has 0 amide bonds. The molecule has 2 aromatic rings. The van der Waals surface area contributed by atoms with E-state index in [4.69, 9.17) is 9.47 Å². The third-order valence-electron chi connectivity index (χ3n) is 3.69. The molecule has 1 N–H and O–H groups in total. The number of benzene rings is 2. The van der Waals surface area contributed by atoms with Crippen molar-refractivity contribution in [3.05, 3.63) is 59.2 Å². The van der Waals surface area contributed by atoms with Crippen LogP contribution in [0.3, 0.4) is 0 Å². The molecule has 0 spiro atoms. The second-order valence-electron chi connectivity index (χ2n) is 4.93. The van der Waals surface area contributed by atoms with Crippen molar-refractivity contribution in [3.8, 4) is 11.5 Å². The molecule has 0 saturated carbocycles. The number of methoxy groups -OCH3 is 1. The Morgan fingerprint density at radius 3 is 2.75 bits per heavy atom. The molecule has 0 bridgehead atoms. The highest BCUT2D eigenvalue weighted by Gasteiger charge is 2.22. The molecule has 3 nitrogen and oxygen atoms in total. The fourth-order valence-corrected chi connectivity index (χ4v) is 2.69. The lowest BCUT2D eigenvalue weighted by Gasteiger charge is -2.23. The van der Waals surface area contributed by atoms with Crippen LogP contribution in [-0.4, -0.2) is 18.8 Å². The molecule has 1 atom stereocenters. The summed E-state index contributed by atoms with van der Waals surface area (Å²) in [5.41, 5.74) is 2.74. The first kappa shape index (κ1) is 13.0. The van der Waals surface area contributed by atoms with Crippen molar-refractivity contribution in [1.29, 1.82) is 0 Å². The molecule has 1 aliphatic heterocycles. The van der Waals surface area contributed by atoms with Crippen molar-refractivity contribution in [3.63, 3.8) is 0 Å². The van der Waals surface area contributed by atoms with E-state index in [1.807, 2.05) is 36.4 Å². The molecule has 104 valence electrons. The van der Waals surface area contributed by atoms with E-state index in [0.29, 0.717) is 12.4 Å². The average molecular weight is 270 g/mol. The Morgan fingerprint density at radius 1 is 1.10 bits per heavy atom. The number of fused-ring (bicyclic) bond motifs is 1. The van der Waals surface area contributed by atoms with Crippen molar-refractivity contribution >= 4 is 0 Å². The molecule has 1 unspecified atom stereocenters. The van der Waals surface area contributed by atoms with Crippen molar-refractivity contribution in [2.45, 2.75) is 18.9 Å². The molecular weight excluding hydrogens is 252 g/mol. The average Bonchev–Trinajstić information content (AvgIpc) is 2.53. The molecule has 0 radical (unpaired) electrons. The Kier molecular flexibility index (Phi) is 3.61. The fourth-order valence-electron chi connectivity index (χ4n) is 2.69. The maximum absolute atomic E-state index is 10.7. The Morgan fingerprint density at radius 2 is 1.90 bits per heavy atom. The molecule has 0 fully saturated rings. The van der Waals surface area contributed by atoms with Gasteiger partial charge in [0, 0.05) is 11.1 Å². The molecule has 1 aliphatic rings. The number of aliphatic hydroxyl groups is 1. The Balaban J connectivity index is 2.04. The molecule has 0 saturated heterocycles. The number of hydrogen-bond acceptors (Lipinski definition) is 3. The van der Waals surface area contributed by atoms with Gasteiger partial charge in [-0.25, -0.2) is 0 Å². The van der Waals surface area contributed by atoms with Crippen LogP contribution in [0.4, 0.5) is 0 Å². The first-order chi connectivity index (χ1) is 9.81. The standard InChI is InChI=1S/C17H18O3/c1-19-15-10-3-2-8-13(15)16(18)14-9-4-6-12-7-5-11-20-17(12)14/h2-4,6,8-10,16,18H,5,7,11H2,1H3. The van der Waals surface area contributed by atoms with Crippen LogP contribution in [0.5, 0.6) is 11.5 Å². The van der Waals surface area contributed by atoms with Gasteiger partial charge in [0.2, 0.25) is 0 Å². The van der Waals surface area contributed by atoms with E-state index in [-0.39, 0.29) is 0 Å². The Labute approximate surface area is 118 Å². The maximum atomic E-state index is 10.7. The largest absolute Gasteiger partial charge is 0.496 e.